The molecule has 6 aromatic rings. The first-order valence-corrected chi connectivity index (χ1v) is 13.4. The van der Waals surface area contributed by atoms with Gasteiger partial charge in [0.1, 0.15) is 5.75 Å². The molecule has 0 amide bonds. The molecule has 0 unspecified atom stereocenters. The molecule has 0 saturated carbocycles. The maximum Gasteiger partial charge on any atom is 0.340 e. The highest BCUT2D eigenvalue weighted by atomic mass is 16.5. The molecule has 0 bridgehead atoms. The van der Waals surface area contributed by atoms with Crippen molar-refractivity contribution in [1.82, 2.24) is 30.2 Å². The zero-order valence-electron chi connectivity index (χ0n) is 23.5. The van der Waals surface area contributed by atoms with E-state index in [0.717, 1.165) is 22.4 Å². The lowest BCUT2D eigenvalue weighted by molar-refractivity contribution is 0.0602. The predicted molar refractivity (Wildman–Crippen MR) is 160 cm³/mol. The number of tetrazole rings is 1. The molecule has 3 aromatic heterocycles. The van der Waals surface area contributed by atoms with Crippen LogP contribution in [0.5, 0.6) is 5.75 Å². The van der Waals surface area contributed by atoms with Crippen LogP contribution in [-0.2, 0) is 24.9 Å². The van der Waals surface area contributed by atoms with Crippen LogP contribution in [0.4, 0.5) is 5.82 Å². The topological polar surface area (TPSA) is 111 Å². The summed E-state index contributed by atoms with van der Waals surface area (Å²) in [6, 6.07) is 28.1. The third-order valence-corrected chi connectivity index (χ3v) is 7.04. The molecule has 0 aliphatic rings. The van der Waals surface area contributed by atoms with Crippen LogP contribution in [0.3, 0.4) is 0 Å². The largest absolute Gasteiger partial charge is 0.495 e. The number of hydrogen-bond donors (Lipinski definition) is 1. The van der Waals surface area contributed by atoms with Gasteiger partial charge < -0.3 is 19.4 Å². The molecule has 0 aliphatic carbocycles. The van der Waals surface area contributed by atoms with E-state index in [9.17, 15) is 4.79 Å². The van der Waals surface area contributed by atoms with Crippen LogP contribution < -0.4 is 9.64 Å². The SMILES string of the molecule is COC(=O)c1cnc(N(Cc2ccccc2)Cc2ccccc2)c2[nH]c(-c3cccc(-c4nnn(C)n4)c3OC)cc12. The summed E-state index contributed by atoms with van der Waals surface area (Å²) in [6.07, 6.45) is 1.58. The number of hydrogen-bond acceptors (Lipinski definition) is 8. The van der Waals surface area contributed by atoms with E-state index in [1.165, 1.54) is 11.9 Å². The molecule has 10 nitrogen and oxygen atoms in total. The van der Waals surface area contributed by atoms with Gasteiger partial charge >= 0.3 is 5.97 Å². The zero-order chi connectivity index (χ0) is 29.1. The van der Waals surface area contributed by atoms with Gasteiger partial charge in [-0.25, -0.2) is 9.78 Å². The van der Waals surface area contributed by atoms with Gasteiger partial charge in [-0.05, 0) is 34.5 Å². The second-order valence-electron chi connectivity index (χ2n) is 9.77. The lowest BCUT2D eigenvalue weighted by Crippen LogP contribution is -2.24. The van der Waals surface area contributed by atoms with E-state index in [-0.39, 0.29) is 0 Å². The first kappa shape index (κ1) is 26.7. The summed E-state index contributed by atoms with van der Waals surface area (Å²) in [4.78, 5) is 24.8. The molecule has 10 heteroatoms. The molecule has 0 spiro atoms. The summed E-state index contributed by atoms with van der Waals surface area (Å²) in [7, 11) is 4.69. The van der Waals surface area contributed by atoms with Crippen molar-refractivity contribution >= 4 is 22.7 Å². The van der Waals surface area contributed by atoms with Crippen LogP contribution in [0.2, 0.25) is 0 Å². The van der Waals surface area contributed by atoms with Gasteiger partial charge in [0.15, 0.2) is 5.82 Å². The van der Waals surface area contributed by atoms with E-state index >= 15 is 0 Å². The van der Waals surface area contributed by atoms with Gasteiger partial charge in [0.25, 0.3) is 0 Å². The molecule has 0 aliphatic heterocycles. The molecule has 3 aromatic carbocycles. The van der Waals surface area contributed by atoms with Crippen molar-refractivity contribution in [2.45, 2.75) is 13.1 Å². The average Bonchev–Trinajstić information content (AvgIpc) is 3.67. The highest BCUT2D eigenvalue weighted by Crippen LogP contribution is 2.40. The Labute approximate surface area is 242 Å². The quantitative estimate of drug-likeness (QED) is 0.234. The first-order valence-electron chi connectivity index (χ1n) is 13.4. The van der Waals surface area contributed by atoms with E-state index in [0.29, 0.717) is 52.5 Å². The third kappa shape index (κ3) is 5.17. The Kier molecular flexibility index (Phi) is 7.33. The second-order valence-corrected chi connectivity index (χ2v) is 9.77. The average molecular weight is 560 g/mol. The molecule has 42 heavy (non-hydrogen) atoms. The van der Waals surface area contributed by atoms with E-state index in [4.69, 9.17) is 14.5 Å². The minimum atomic E-state index is -0.466. The van der Waals surface area contributed by atoms with E-state index in [2.05, 4.69) is 49.6 Å². The molecule has 0 fully saturated rings. The number of esters is 1. The number of nitrogens with one attached hydrogen (secondary N) is 1. The summed E-state index contributed by atoms with van der Waals surface area (Å²) in [5.74, 6) is 1.27. The highest BCUT2D eigenvalue weighted by molar-refractivity contribution is 6.08. The summed E-state index contributed by atoms with van der Waals surface area (Å²) in [6.45, 7) is 1.22. The van der Waals surface area contributed by atoms with Crippen molar-refractivity contribution < 1.29 is 14.3 Å². The number of carbonyl (C=O) groups is 1. The normalized spacial score (nSPS) is 11.0. The van der Waals surface area contributed by atoms with Crippen molar-refractivity contribution in [1.29, 1.82) is 0 Å². The fourth-order valence-corrected chi connectivity index (χ4v) is 5.11. The van der Waals surface area contributed by atoms with Gasteiger partial charge in [0, 0.05) is 30.2 Å². The number of methoxy groups -OCH3 is 2. The first-order chi connectivity index (χ1) is 20.6. The van der Waals surface area contributed by atoms with Gasteiger partial charge in [0.05, 0.1) is 43.6 Å². The number of para-hydroxylation sites is 1. The molecule has 1 N–H and O–H groups in total. The number of fused-ring (bicyclic) bond motifs is 1. The van der Waals surface area contributed by atoms with E-state index in [1.807, 2.05) is 60.7 Å². The van der Waals surface area contributed by atoms with Crippen LogP contribution in [0.15, 0.2) is 91.1 Å². The lowest BCUT2D eigenvalue weighted by atomic mass is 10.0. The Balaban J connectivity index is 1.53. The maximum absolute atomic E-state index is 12.9. The van der Waals surface area contributed by atoms with Crippen LogP contribution in [0.25, 0.3) is 33.5 Å². The number of carbonyl (C=O) groups excluding carboxylic acids is 1. The van der Waals surface area contributed by atoms with E-state index in [1.54, 1.807) is 20.4 Å². The van der Waals surface area contributed by atoms with Crippen molar-refractivity contribution in [2.24, 2.45) is 7.05 Å². The standard InChI is InChI=1S/C32H29N7O3/c1-38-36-30(35-37-38)24-16-10-15-23(29(24)41-2)27-17-25-26(32(40)42-3)18-33-31(28(25)34-27)39(19-21-11-6-4-7-12-21)20-22-13-8-5-9-14-22/h4-18,34H,19-20H2,1-3H3. The highest BCUT2D eigenvalue weighted by Gasteiger charge is 2.23. The fraction of sp³-hybridized carbons (Fsp3) is 0.156. The monoisotopic (exact) mass is 559 g/mol. The Hall–Kier alpha value is -5.51. The lowest BCUT2D eigenvalue weighted by Gasteiger charge is -2.25. The van der Waals surface area contributed by atoms with Crippen molar-refractivity contribution in [3.8, 4) is 28.4 Å². The van der Waals surface area contributed by atoms with Crippen LogP contribution in [0, 0.1) is 0 Å². The summed E-state index contributed by atoms with van der Waals surface area (Å²) in [5, 5.41) is 13.2. The molecule has 0 radical (unpaired) electrons. The fourth-order valence-electron chi connectivity index (χ4n) is 5.11. The summed E-state index contributed by atoms with van der Waals surface area (Å²) < 4.78 is 11.0. The molecular weight excluding hydrogens is 530 g/mol. The molecule has 210 valence electrons. The molecular formula is C32H29N7O3. The third-order valence-electron chi connectivity index (χ3n) is 7.04. The number of ether oxygens (including phenoxy) is 2. The molecule has 0 saturated heterocycles. The second kappa shape index (κ2) is 11.5. The zero-order valence-corrected chi connectivity index (χ0v) is 23.5. The van der Waals surface area contributed by atoms with E-state index < -0.39 is 5.97 Å². The number of nitrogens with zero attached hydrogens (tertiary/aromatic N) is 6. The van der Waals surface area contributed by atoms with Crippen LogP contribution in [0.1, 0.15) is 21.5 Å². The minimum Gasteiger partial charge on any atom is -0.495 e. The number of benzene rings is 3. The Morgan fingerprint density at radius 2 is 1.57 bits per heavy atom. The number of aryl methyl sites for hydroxylation is 1. The van der Waals surface area contributed by atoms with Gasteiger partial charge in [-0.3, -0.25) is 0 Å². The minimum absolute atomic E-state index is 0.365. The smallest absolute Gasteiger partial charge is 0.340 e. The van der Waals surface area contributed by atoms with Gasteiger partial charge in [0.2, 0.25) is 5.82 Å². The van der Waals surface area contributed by atoms with Gasteiger partial charge in [-0.15, -0.1) is 10.2 Å². The molecule has 0 atom stereocenters. The molecule has 6 rings (SSSR count). The van der Waals surface area contributed by atoms with Gasteiger partial charge in [-0.1, -0.05) is 66.7 Å². The Morgan fingerprint density at radius 1 is 0.905 bits per heavy atom. The predicted octanol–water partition coefficient (Wildman–Crippen LogP) is 5.42. The van der Waals surface area contributed by atoms with Gasteiger partial charge in [-0.2, -0.15) is 4.80 Å². The summed E-state index contributed by atoms with van der Waals surface area (Å²) in [5.41, 5.74) is 5.57. The number of rotatable bonds is 9. The van der Waals surface area contributed by atoms with Crippen LogP contribution in [-0.4, -0.2) is 50.4 Å². The summed E-state index contributed by atoms with van der Waals surface area (Å²) >= 11 is 0. The van der Waals surface area contributed by atoms with Crippen molar-refractivity contribution in [3.63, 3.8) is 0 Å². The van der Waals surface area contributed by atoms with Crippen molar-refractivity contribution in [3.05, 3.63) is 108 Å². The number of H-pyrrole nitrogens is 1. The maximum atomic E-state index is 12.9. The number of aromatic amines is 1. The molecule has 3 heterocycles. The van der Waals surface area contributed by atoms with Crippen molar-refractivity contribution in [2.75, 3.05) is 19.1 Å². The van der Waals surface area contributed by atoms with Crippen LogP contribution >= 0.6 is 0 Å². The number of pyridine rings is 1. The number of anilines is 1. The number of aromatic nitrogens is 6. The Bertz CT molecular complexity index is 1810. The Morgan fingerprint density at radius 3 is 2.17 bits per heavy atom.